The molecule has 0 unspecified atom stereocenters. The number of nitrogens with one attached hydrogen (secondary N) is 1. The van der Waals surface area contributed by atoms with Crippen LogP contribution in [0.1, 0.15) is 16.7 Å². The van der Waals surface area contributed by atoms with Crippen LogP contribution in [0.5, 0.6) is 11.5 Å². The highest BCUT2D eigenvalue weighted by Gasteiger charge is 2.15. The van der Waals surface area contributed by atoms with Crippen molar-refractivity contribution in [1.29, 1.82) is 0 Å². The van der Waals surface area contributed by atoms with Crippen molar-refractivity contribution in [3.8, 4) is 11.5 Å². The van der Waals surface area contributed by atoms with Crippen LogP contribution in [0.25, 0.3) is 0 Å². The van der Waals surface area contributed by atoms with Gasteiger partial charge in [-0.05, 0) is 48.9 Å². The lowest BCUT2D eigenvalue weighted by atomic mass is 10.1. The Kier molecular flexibility index (Phi) is 6.35. The van der Waals surface area contributed by atoms with Crippen LogP contribution in [0.15, 0.2) is 65.1 Å². The predicted octanol–water partition coefficient (Wildman–Crippen LogP) is 6.10. The maximum atomic E-state index is 13.1. The Hall–Kier alpha value is -2.53. The second kappa shape index (κ2) is 8.91. The smallest absolute Gasteiger partial charge is 0.167 e. The molecule has 0 aliphatic heterocycles. The molecule has 1 N–H and O–H groups in total. The van der Waals surface area contributed by atoms with Crippen LogP contribution in [0.4, 0.5) is 10.1 Å². The molecule has 3 rings (SSSR count). The Morgan fingerprint density at radius 2 is 1.81 bits per heavy atom. The molecule has 3 aromatic rings. The molecule has 140 valence electrons. The van der Waals surface area contributed by atoms with Crippen molar-refractivity contribution in [1.82, 2.24) is 0 Å². The number of ether oxygens (including phenoxy) is 2. The summed E-state index contributed by atoms with van der Waals surface area (Å²) < 4.78 is 25.6. The first-order chi connectivity index (χ1) is 13.1. The first-order valence-electron chi connectivity index (χ1n) is 8.60. The number of hydrogen-bond donors (Lipinski definition) is 1. The Morgan fingerprint density at radius 3 is 2.52 bits per heavy atom. The zero-order valence-electron chi connectivity index (χ0n) is 15.3. The highest BCUT2D eigenvalue weighted by atomic mass is 79.9. The second-order valence-electron chi connectivity index (χ2n) is 6.20. The molecule has 0 bridgehead atoms. The lowest BCUT2D eigenvalue weighted by molar-refractivity contribution is 0.281. The summed E-state index contributed by atoms with van der Waals surface area (Å²) in [6.45, 7) is 3.01. The van der Waals surface area contributed by atoms with E-state index in [2.05, 4.69) is 40.3 Å². The number of aryl methyl sites for hydroxylation is 1. The predicted molar refractivity (Wildman–Crippen MR) is 110 cm³/mol. The number of hydrogen-bond acceptors (Lipinski definition) is 3. The minimum Gasteiger partial charge on any atom is -0.493 e. The molecule has 0 radical (unpaired) electrons. The first-order valence-corrected chi connectivity index (χ1v) is 9.39. The van der Waals surface area contributed by atoms with E-state index in [0.29, 0.717) is 24.7 Å². The number of benzene rings is 3. The number of anilines is 1. The Morgan fingerprint density at radius 1 is 1.04 bits per heavy atom. The summed E-state index contributed by atoms with van der Waals surface area (Å²) in [5.41, 5.74) is 4.05. The lowest BCUT2D eigenvalue weighted by Gasteiger charge is -2.18. The van der Waals surface area contributed by atoms with Crippen LogP contribution < -0.4 is 14.8 Å². The van der Waals surface area contributed by atoms with Gasteiger partial charge in [-0.3, -0.25) is 0 Å². The molecular weight excluding hydrogens is 409 g/mol. The fraction of sp³-hybridized carbons (Fsp3) is 0.182. The number of halogens is 2. The summed E-state index contributed by atoms with van der Waals surface area (Å²) >= 11 is 3.60. The molecular formula is C22H21BrFNO2. The maximum Gasteiger partial charge on any atom is 0.167 e. The molecule has 0 atom stereocenters. The van der Waals surface area contributed by atoms with Gasteiger partial charge < -0.3 is 14.8 Å². The van der Waals surface area contributed by atoms with Crippen LogP contribution in [0, 0.1) is 12.7 Å². The Balaban J connectivity index is 1.82. The molecule has 5 heteroatoms. The average molecular weight is 430 g/mol. The van der Waals surface area contributed by atoms with E-state index < -0.39 is 0 Å². The maximum absolute atomic E-state index is 13.1. The summed E-state index contributed by atoms with van der Waals surface area (Å²) in [5, 5.41) is 3.30. The van der Waals surface area contributed by atoms with E-state index in [1.54, 1.807) is 19.2 Å². The van der Waals surface area contributed by atoms with Crippen molar-refractivity contribution in [3.63, 3.8) is 0 Å². The van der Waals surface area contributed by atoms with Crippen LogP contribution in [0.2, 0.25) is 0 Å². The minimum atomic E-state index is -0.259. The Labute approximate surface area is 167 Å². The highest BCUT2D eigenvalue weighted by molar-refractivity contribution is 9.10. The van der Waals surface area contributed by atoms with Gasteiger partial charge in [0, 0.05) is 22.3 Å². The van der Waals surface area contributed by atoms with Crippen LogP contribution in [-0.4, -0.2) is 7.11 Å². The number of methoxy groups -OCH3 is 1. The fourth-order valence-corrected chi connectivity index (χ4v) is 3.23. The van der Waals surface area contributed by atoms with Gasteiger partial charge in [-0.2, -0.15) is 0 Å². The molecule has 27 heavy (non-hydrogen) atoms. The van der Waals surface area contributed by atoms with Gasteiger partial charge in [0.05, 0.1) is 7.11 Å². The van der Waals surface area contributed by atoms with Gasteiger partial charge in [0.2, 0.25) is 0 Å². The van der Waals surface area contributed by atoms with E-state index >= 15 is 0 Å². The van der Waals surface area contributed by atoms with E-state index in [4.69, 9.17) is 9.47 Å². The summed E-state index contributed by atoms with van der Waals surface area (Å²) in [6, 6.07) is 18.3. The van der Waals surface area contributed by atoms with E-state index in [-0.39, 0.29) is 5.82 Å². The average Bonchev–Trinajstić information content (AvgIpc) is 2.67. The molecule has 3 nitrogen and oxygen atoms in total. The van der Waals surface area contributed by atoms with Crippen LogP contribution >= 0.6 is 15.9 Å². The van der Waals surface area contributed by atoms with Gasteiger partial charge in [0.1, 0.15) is 12.4 Å². The largest absolute Gasteiger partial charge is 0.493 e. The van der Waals surface area contributed by atoms with Gasteiger partial charge in [-0.25, -0.2) is 4.39 Å². The Bertz CT molecular complexity index is 913. The van der Waals surface area contributed by atoms with Crippen molar-refractivity contribution in [2.75, 3.05) is 12.4 Å². The SMILES string of the molecule is COc1ccc(Br)c(CNc2ccc(F)cc2)c1OCc1cccc(C)c1. The monoisotopic (exact) mass is 429 g/mol. The van der Waals surface area contributed by atoms with Crippen molar-refractivity contribution >= 4 is 21.6 Å². The lowest BCUT2D eigenvalue weighted by Crippen LogP contribution is -2.06. The third-order valence-electron chi connectivity index (χ3n) is 4.17. The van der Waals surface area contributed by atoms with E-state index in [0.717, 1.165) is 21.3 Å². The van der Waals surface area contributed by atoms with Crippen molar-refractivity contribution < 1.29 is 13.9 Å². The molecule has 0 aromatic heterocycles. The van der Waals surface area contributed by atoms with Gasteiger partial charge >= 0.3 is 0 Å². The zero-order chi connectivity index (χ0) is 19.2. The number of rotatable bonds is 7. The van der Waals surface area contributed by atoms with Crippen LogP contribution in [0.3, 0.4) is 0 Å². The molecule has 0 fully saturated rings. The van der Waals surface area contributed by atoms with Gasteiger partial charge in [0.15, 0.2) is 11.5 Å². The van der Waals surface area contributed by atoms with Crippen molar-refractivity contribution in [2.45, 2.75) is 20.1 Å². The van der Waals surface area contributed by atoms with E-state index in [9.17, 15) is 4.39 Å². The van der Waals surface area contributed by atoms with Gasteiger partial charge in [-0.1, -0.05) is 45.8 Å². The molecule has 0 spiro atoms. The van der Waals surface area contributed by atoms with Gasteiger partial charge in [-0.15, -0.1) is 0 Å². The summed E-state index contributed by atoms with van der Waals surface area (Å²) in [6.07, 6.45) is 0. The molecule has 0 aliphatic rings. The zero-order valence-corrected chi connectivity index (χ0v) is 16.8. The summed E-state index contributed by atoms with van der Waals surface area (Å²) in [7, 11) is 1.62. The summed E-state index contributed by atoms with van der Waals surface area (Å²) in [4.78, 5) is 0. The van der Waals surface area contributed by atoms with Gasteiger partial charge in [0.25, 0.3) is 0 Å². The van der Waals surface area contributed by atoms with E-state index in [1.807, 2.05) is 24.3 Å². The molecule has 0 heterocycles. The normalized spacial score (nSPS) is 10.5. The van der Waals surface area contributed by atoms with E-state index in [1.165, 1.54) is 17.7 Å². The highest BCUT2D eigenvalue weighted by Crippen LogP contribution is 2.37. The fourth-order valence-electron chi connectivity index (χ4n) is 2.78. The summed E-state index contributed by atoms with van der Waals surface area (Å²) in [5.74, 6) is 1.09. The molecule has 0 saturated heterocycles. The van der Waals surface area contributed by atoms with Crippen molar-refractivity contribution in [3.05, 3.63) is 87.6 Å². The minimum absolute atomic E-state index is 0.259. The first kappa shape index (κ1) is 19.2. The van der Waals surface area contributed by atoms with Crippen LogP contribution in [-0.2, 0) is 13.2 Å². The standard InChI is InChI=1S/C22H21BrFNO2/c1-15-4-3-5-16(12-15)14-27-22-19(20(23)10-11-21(22)26-2)13-25-18-8-6-17(24)7-9-18/h3-12,25H,13-14H2,1-2H3. The molecule has 3 aromatic carbocycles. The molecule has 0 saturated carbocycles. The molecule has 0 amide bonds. The topological polar surface area (TPSA) is 30.5 Å². The molecule has 0 aliphatic carbocycles. The second-order valence-corrected chi connectivity index (χ2v) is 7.05. The quantitative estimate of drug-likeness (QED) is 0.492. The third-order valence-corrected chi connectivity index (χ3v) is 4.91. The third kappa shape index (κ3) is 5.01. The van der Waals surface area contributed by atoms with Crippen molar-refractivity contribution in [2.24, 2.45) is 0 Å².